The van der Waals surface area contributed by atoms with Crippen molar-refractivity contribution in [2.24, 2.45) is 11.8 Å². The van der Waals surface area contributed by atoms with E-state index >= 15 is 0 Å². The highest BCUT2D eigenvalue weighted by Crippen LogP contribution is 2.17. The molecule has 0 aliphatic heterocycles. The van der Waals surface area contributed by atoms with E-state index in [4.69, 9.17) is 0 Å². The third-order valence-corrected chi connectivity index (χ3v) is 4.41. The lowest BCUT2D eigenvalue weighted by atomic mass is 10.2. The molecule has 1 rings (SSSR count). The highest BCUT2D eigenvalue weighted by atomic mass is 32.2. The van der Waals surface area contributed by atoms with Crippen LogP contribution in [0, 0.1) is 11.8 Å². The van der Waals surface area contributed by atoms with E-state index in [0.29, 0.717) is 19.0 Å². The highest BCUT2D eigenvalue weighted by Gasteiger charge is 2.26. The van der Waals surface area contributed by atoms with Crippen molar-refractivity contribution in [2.75, 3.05) is 25.5 Å². The number of sulfonamides is 1. The van der Waals surface area contributed by atoms with E-state index in [1.54, 1.807) is 7.05 Å². The van der Waals surface area contributed by atoms with Crippen LogP contribution < -0.4 is 5.32 Å². The number of hydrogen-bond donors (Lipinski definition) is 1. The van der Waals surface area contributed by atoms with Gasteiger partial charge in [-0.25, -0.2) is 18.4 Å². The zero-order valence-electron chi connectivity index (χ0n) is 12.8. The highest BCUT2D eigenvalue weighted by molar-refractivity contribution is 7.89. The van der Waals surface area contributed by atoms with Gasteiger partial charge in [-0.2, -0.15) is 4.31 Å². The Bertz CT molecular complexity index is 502. The molecule has 6 nitrogen and oxygen atoms in total. The molecule has 1 aromatic heterocycles. The topological polar surface area (TPSA) is 75.2 Å². The maximum atomic E-state index is 12.6. The standard InChI is InChI=1S/C13H24N4O2S/c1-10(2)8-17(9-11(3)4)20(18,19)12-6-15-13(14-5)16-7-12/h6-7,10-11H,8-9H2,1-5H3,(H,14,15,16). The van der Waals surface area contributed by atoms with E-state index < -0.39 is 10.0 Å². The monoisotopic (exact) mass is 300 g/mol. The van der Waals surface area contributed by atoms with Crippen molar-refractivity contribution in [1.29, 1.82) is 0 Å². The molecule has 1 aromatic rings. The molecule has 0 fully saturated rings. The summed E-state index contributed by atoms with van der Waals surface area (Å²) in [6.07, 6.45) is 2.70. The molecule has 1 heterocycles. The van der Waals surface area contributed by atoms with Crippen molar-refractivity contribution < 1.29 is 8.42 Å². The van der Waals surface area contributed by atoms with Gasteiger partial charge in [0.05, 0.1) is 12.4 Å². The first-order chi connectivity index (χ1) is 9.27. The molecule has 0 aromatic carbocycles. The lowest BCUT2D eigenvalue weighted by Gasteiger charge is -2.25. The van der Waals surface area contributed by atoms with Crippen molar-refractivity contribution >= 4 is 16.0 Å². The summed E-state index contributed by atoms with van der Waals surface area (Å²) in [6.45, 7) is 9.00. The molecular formula is C13H24N4O2S. The normalized spacial score (nSPS) is 12.4. The van der Waals surface area contributed by atoms with Crippen LogP contribution in [-0.4, -0.2) is 42.8 Å². The molecule has 0 unspecified atom stereocenters. The fourth-order valence-corrected chi connectivity index (χ4v) is 3.47. The molecule has 0 aliphatic carbocycles. The molecule has 20 heavy (non-hydrogen) atoms. The van der Waals surface area contributed by atoms with Crippen LogP contribution in [0.15, 0.2) is 17.3 Å². The summed E-state index contributed by atoms with van der Waals surface area (Å²) in [4.78, 5) is 8.09. The summed E-state index contributed by atoms with van der Waals surface area (Å²) in [7, 11) is -1.85. The molecule has 0 radical (unpaired) electrons. The van der Waals surface area contributed by atoms with Gasteiger partial charge in [0.15, 0.2) is 0 Å². The van der Waals surface area contributed by atoms with Crippen molar-refractivity contribution in [2.45, 2.75) is 32.6 Å². The lowest BCUT2D eigenvalue weighted by molar-refractivity contribution is 0.333. The lowest BCUT2D eigenvalue weighted by Crippen LogP contribution is -2.37. The van der Waals surface area contributed by atoms with Gasteiger partial charge in [-0.15, -0.1) is 0 Å². The van der Waals surface area contributed by atoms with Gasteiger partial charge in [-0.1, -0.05) is 27.7 Å². The Kier molecular flexibility index (Phi) is 5.88. The minimum atomic E-state index is -3.54. The van der Waals surface area contributed by atoms with Gasteiger partial charge in [0, 0.05) is 20.1 Å². The number of hydrogen-bond acceptors (Lipinski definition) is 5. The quantitative estimate of drug-likeness (QED) is 0.831. The Labute approximate surface area is 121 Å². The first-order valence-corrected chi connectivity index (χ1v) is 8.21. The van der Waals surface area contributed by atoms with Gasteiger partial charge < -0.3 is 5.32 Å². The van der Waals surface area contributed by atoms with Crippen molar-refractivity contribution in [3.8, 4) is 0 Å². The van der Waals surface area contributed by atoms with E-state index in [9.17, 15) is 8.42 Å². The number of rotatable bonds is 7. The van der Waals surface area contributed by atoms with Crippen LogP contribution in [0.1, 0.15) is 27.7 Å². The fraction of sp³-hybridized carbons (Fsp3) is 0.692. The van der Waals surface area contributed by atoms with E-state index in [1.807, 2.05) is 27.7 Å². The number of nitrogens with zero attached hydrogens (tertiary/aromatic N) is 3. The first kappa shape index (κ1) is 16.8. The Balaban J connectivity index is 3.07. The Morgan fingerprint density at radius 2 is 1.55 bits per heavy atom. The Morgan fingerprint density at radius 3 is 1.90 bits per heavy atom. The maximum absolute atomic E-state index is 12.6. The molecule has 114 valence electrons. The van der Waals surface area contributed by atoms with Crippen LogP contribution in [0.5, 0.6) is 0 Å². The van der Waals surface area contributed by atoms with Gasteiger partial charge in [-0.3, -0.25) is 0 Å². The minimum Gasteiger partial charge on any atom is -0.357 e. The van der Waals surface area contributed by atoms with Gasteiger partial charge in [0.25, 0.3) is 0 Å². The molecule has 7 heteroatoms. The smallest absolute Gasteiger partial charge is 0.246 e. The molecule has 1 N–H and O–H groups in total. The van der Waals surface area contributed by atoms with Gasteiger partial charge >= 0.3 is 0 Å². The van der Waals surface area contributed by atoms with Crippen molar-refractivity contribution in [1.82, 2.24) is 14.3 Å². The van der Waals surface area contributed by atoms with E-state index in [1.165, 1.54) is 16.7 Å². The van der Waals surface area contributed by atoms with Crippen LogP contribution in [0.2, 0.25) is 0 Å². The summed E-state index contributed by atoms with van der Waals surface area (Å²) >= 11 is 0. The summed E-state index contributed by atoms with van der Waals surface area (Å²) in [5.41, 5.74) is 0. The Hall–Kier alpha value is -1.21. The molecule has 0 amide bonds. The Morgan fingerprint density at radius 1 is 1.10 bits per heavy atom. The van der Waals surface area contributed by atoms with Crippen molar-refractivity contribution in [3.63, 3.8) is 0 Å². The SMILES string of the molecule is CNc1ncc(S(=O)(=O)N(CC(C)C)CC(C)C)cn1. The zero-order chi connectivity index (χ0) is 15.3. The van der Waals surface area contributed by atoms with Crippen molar-refractivity contribution in [3.05, 3.63) is 12.4 Å². The average molecular weight is 300 g/mol. The average Bonchev–Trinajstić information content (AvgIpc) is 2.37. The van der Waals surface area contributed by atoms with Crippen LogP contribution in [-0.2, 0) is 10.0 Å². The van der Waals surface area contributed by atoms with E-state index in [0.717, 1.165) is 0 Å². The minimum absolute atomic E-state index is 0.137. The van der Waals surface area contributed by atoms with Crippen LogP contribution in [0.4, 0.5) is 5.95 Å². The third kappa shape index (κ3) is 4.42. The summed E-state index contributed by atoms with van der Waals surface area (Å²) in [6, 6.07) is 0. The van der Waals surface area contributed by atoms with E-state index in [2.05, 4.69) is 15.3 Å². The zero-order valence-corrected chi connectivity index (χ0v) is 13.6. The predicted molar refractivity (Wildman–Crippen MR) is 80.0 cm³/mol. The second-order valence-corrected chi connectivity index (χ2v) is 7.54. The number of nitrogens with one attached hydrogen (secondary N) is 1. The second-order valence-electron chi connectivity index (χ2n) is 5.60. The number of anilines is 1. The predicted octanol–water partition coefficient (Wildman–Crippen LogP) is 1.82. The van der Waals surface area contributed by atoms with E-state index in [-0.39, 0.29) is 16.7 Å². The summed E-state index contributed by atoms with van der Waals surface area (Å²) < 4.78 is 26.8. The number of aromatic nitrogens is 2. The third-order valence-electron chi connectivity index (χ3n) is 2.63. The van der Waals surface area contributed by atoms with Gasteiger partial charge in [0.1, 0.15) is 4.90 Å². The largest absolute Gasteiger partial charge is 0.357 e. The molecule has 0 bridgehead atoms. The second kappa shape index (κ2) is 6.99. The maximum Gasteiger partial charge on any atom is 0.246 e. The molecule has 0 spiro atoms. The summed E-state index contributed by atoms with van der Waals surface area (Å²) in [5, 5.41) is 2.77. The van der Waals surface area contributed by atoms with Gasteiger partial charge in [0.2, 0.25) is 16.0 Å². The first-order valence-electron chi connectivity index (χ1n) is 6.77. The summed E-state index contributed by atoms with van der Waals surface area (Å²) in [5.74, 6) is 0.935. The van der Waals surface area contributed by atoms with Crippen LogP contribution in [0.3, 0.4) is 0 Å². The molecule has 0 atom stereocenters. The van der Waals surface area contributed by atoms with Gasteiger partial charge in [-0.05, 0) is 11.8 Å². The van der Waals surface area contributed by atoms with Crippen LogP contribution in [0.25, 0.3) is 0 Å². The molecule has 0 saturated carbocycles. The van der Waals surface area contributed by atoms with Crippen LogP contribution >= 0.6 is 0 Å². The molecular weight excluding hydrogens is 276 g/mol. The molecule has 0 aliphatic rings. The fourth-order valence-electron chi connectivity index (χ4n) is 1.81. The molecule has 0 saturated heterocycles.